The molecular weight excluding hydrogens is 296 g/mol. The average molecular weight is 314 g/mol. The van der Waals surface area contributed by atoms with Crippen molar-refractivity contribution in [3.8, 4) is 5.75 Å². The number of carbonyl (C=O) groups excluding carboxylic acids is 1. The Labute approximate surface area is 123 Å². The van der Waals surface area contributed by atoms with Crippen LogP contribution in [-0.4, -0.2) is 37.7 Å². The molecule has 8 heteroatoms. The van der Waals surface area contributed by atoms with Crippen LogP contribution in [0.15, 0.2) is 23.1 Å². The number of benzene rings is 1. The number of aliphatic hydroxyl groups excluding tert-OH is 1. The van der Waals surface area contributed by atoms with E-state index < -0.39 is 21.7 Å². The molecule has 1 aromatic carbocycles. The van der Waals surface area contributed by atoms with Gasteiger partial charge >= 0.3 is 0 Å². The normalized spacial score (nSPS) is 18.4. The molecule has 0 saturated heterocycles. The van der Waals surface area contributed by atoms with Crippen LogP contribution in [0, 0.1) is 0 Å². The van der Waals surface area contributed by atoms with E-state index >= 15 is 0 Å². The van der Waals surface area contributed by atoms with Crippen LogP contribution >= 0.6 is 0 Å². The van der Waals surface area contributed by atoms with Crippen molar-refractivity contribution in [3.05, 3.63) is 18.2 Å². The molecule has 3 N–H and O–H groups in total. The molecule has 0 aliphatic carbocycles. The zero-order chi connectivity index (χ0) is 15.8. The van der Waals surface area contributed by atoms with Gasteiger partial charge in [-0.05, 0) is 39.0 Å². The van der Waals surface area contributed by atoms with Gasteiger partial charge in [0.25, 0.3) is 5.91 Å². The van der Waals surface area contributed by atoms with Gasteiger partial charge in [-0.15, -0.1) is 0 Å². The number of carbonyl (C=O) groups is 1. The molecule has 21 heavy (non-hydrogen) atoms. The zero-order valence-electron chi connectivity index (χ0n) is 12.0. The first kappa shape index (κ1) is 15.7. The van der Waals surface area contributed by atoms with Crippen molar-refractivity contribution in [2.24, 2.45) is 0 Å². The van der Waals surface area contributed by atoms with E-state index in [2.05, 4.69) is 10.0 Å². The van der Waals surface area contributed by atoms with Gasteiger partial charge < -0.3 is 15.2 Å². The molecule has 1 aromatic rings. The summed E-state index contributed by atoms with van der Waals surface area (Å²) in [5.41, 5.74) is -0.697. The number of rotatable bonds is 4. The minimum absolute atomic E-state index is 0.00879. The highest BCUT2D eigenvalue weighted by molar-refractivity contribution is 7.89. The lowest BCUT2D eigenvalue weighted by Gasteiger charge is -2.31. The fourth-order valence-electron chi connectivity index (χ4n) is 1.77. The van der Waals surface area contributed by atoms with Crippen LogP contribution < -0.4 is 14.8 Å². The summed E-state index contributed by atoms with van der Waals surface area (Å²) < 4.78 is 31.9. The number of hydrogen-bond acceptors (Lipinski definition) is 5. The predicted octanol–water partition coefficient (Wildman–Crippen LogP) is 0.455. The number of nitrogens with one attached hydrogen (secondary N) is 2. The molecule has 1 aliphatic heterocycles. The standard InChI is InChI=1S/C13H18N2O5S/c1-8(16)7-14-21(18,19)9-4-5-11-10(6-9)15-12(17)13(2,3)20-11/h4-6,8,14,16H,7H2,1-3H3,(H,15,17)/t8-/m0/s1. The Morgan fingerprint density at radius 1 is 1.43 bits per heavy atom. The van der Waals surface area contributed by atoms with Crippen LogP contribution in [-0.2, 0) is 14.8 Å². The number of anilines is 1. The average Bonchev–Trinajstić information content (AvgIpc) is 2.37. The molecule has 1 atom stereocenters. The highest BCUT2D eigenvalue weighted by Crippen LogP contribution is 2.35. The molecule has 116 valence electrons. The van der Waals surface area contributed by atoms with E-state index in [1.165, 1.54) is 25.1 Å². The van der Waals surface area contributed by atoms with Crippen molar-refractivity contribution in [2.75, 3.05) is 11.9 Å². The van der Waals surface area contributed by atoms with E-state index in [-0.39, 0.29) is 17.3 Å². The zero-order valence-corrected chi connectivity index (χ0v) is 12.8. The summed E-state index contributed by atoms with van der Waals surface area (Å²) in [5, 5.41) is 11.8. The van der Waals surface area contributed by atoms with Gasteiger partial charge in [0.1, 0.15) is 5.75 Å². The fraction of sp³-hybridized carbons (Fsp3) is 0.462. The lowest BCUT2D eigenvalue weighted by molar-refractivity contribution is -0.129. The molecule has 0 fully saturated rings. The summed E-state index contributed by atoms with van der Waals surface area (Å²) in [6.45, 7) is 4.64. The van der Waals surface area contributed by atoms with Crippen LogP contribution in [0.3, 0.4) is 0 Å². The molecular formula is C13H18N2O5S. The summed E-state index contributed by atoms with van der Waals surface area (Å²) in [4.78, 5) is 11.8. The van der Waals surface area contributed by atoms with Gasteiger partial charge in [-0.2, -0.15) is 0 Å². The molecule has 1 aliphatic rings. The Kier molecular flexibility index (Phi) is 3.96. The van der Waals surface area contributed by atoms with Crippen LogP contribution in [0.5, 0.6) is 5.75 Å². The molecule has 1 amide bonds. The molecule has 0 radical (unpaired) electrons. The second kappa shape index (κ2) is 5.28. The van der Waals surface area contributed by atoms with E-state index in [1.54, 1.807) is 13.8 Å². The van der Waals surface area contributed by atoms with Gasteiger partial charge in [-0.3, -0.25) is 4.79 Å². The quantitative estimate of drug-likeness (QED) is 0.748. The second-order valence-electron chi connectivity index (χ2n) is 5.43. The molecule has 0 spiro atoms. The Balaban J connectivity index is 2.30. The second-order valence-corrected chi connectivity index (χ2v) is 7.19. The van der Waals surface area contributed by atoms with Crippen molar-refractivity contribution < 1.29 is 23.1 Å². The monoisotopic (exact) mass is 314 g/mol. The number of hydrogen-bond donors (Lipinski definition) is 3. The third-order valence-electron chi connectivity index (χ3n) is 2.99. The Bertz CT molecular complexity index is 667. The number of amides is 1. The van der Waals surface area contributed by atoms with Crippen molar-refractivity contribution in [3.63, 3.8) is 0 Å². The maximum absolute atomic E-state index is 12.1. The van der Waals surface area contributed by atoms with Crippen LogP contribution in [0.4, 0.5) is 5.69 Å². The number of aliphatic hydroxyl groups is 1. The third kappa shape index (κ3) is 3.34. The number of sulfonamides is 1. The summed E-state index contributed by atoms with van der Waals surface area (Å²) in [5.74, 6) is 0.0653. The maximum Gasteiger partial charge on any atom is 0.268 e. The molecule has 0 aromatic heterocycles. The summed E-state index contributed by atoms with van der Waals surface area (Å²) in [7, 11) is -3.75. The van der Waals surface area contributed by atoms with Crippen molar-refractivity contribution >= 4 is 21.6 Å². The van der Waals surface area contributed by atoms with E-state index in [0.717, 1.165) is 0 Å². The van der Waals surface area contributed by atoms with Gasteiger partial charge in [-0.1, -0.05) is 0 Å². The first-order valence-corrected chi connectivity index (χ1v) is 7.92. The molecule has 1 heterocycles. The Hall–Kier alpha value is -1.64. The molecule has 7 nitrogen and oxygen atoms in total. The first-order chi connectivity index (χ1) is 9.62. The van der Waals surface area contributed by atoms with E-state index in [0.29, 0.717) is 11.4 Å². The SMILES string of the molecule is C[C@H](O)CNS(=O)(=O)c1ccc2c(c1)NC(=O)C(C)(C)O2. The number of ether oxygens (including phenoxy) is 1. The van der Waals surface area contributed by atoms with Gasteiger partial charge in [-0.25, -0.2) is 13.1 Å². The van der Waals surface area contributed by atoms with Crippen molar-refractivity contribution in [2.45, 2.75) is 37.4 Å². The lowest BCUT2D eigenvalue weighted by Crippen LogP contribution is -2.45. The van der Waals surface area contributed by atoms with E-state index in [1.807, 2.05) is 0 Å². The van der Waals surface area contributed by atoms with Gasteiger partial charge in [0.2, 0.25) is 10.0 Å². The van der Waals surface area contributed by atoms with Crippen LogP contribution in [0.1, 0.15) is 20.8 Å². The Morgan fingerprint density at radius 3 is 2.71 bits per heavy atom. The Morgan fingerprint density at radius 2 is 2.10 bits per heavy atom. The van der Waals surface area contributed by atoms with Gasteiger partial charge in [0.05, 0.1) is 16.7 Å². The van der Waals surface area contributed by atoms with Crippen molar-refractivity contribution in [1.82, 2.24) is 4.72 Å². The third-order valence-corrected chi connectivity index (χ3v) is 4.41. The smallest absolute Gasteiger partial charge is 0.268 e. The van der Waals surface area contributed by atoms with Crippen LogP contribution in [0.2, 0.25) is 0 Å². The molecule has 0 saturated carbocycles. The summed E-state index contributed by atoms with van der Waals surface area (Å²) in [6.07, 6.45) is -0.791. The van der Waals surface area contributed by atoms with Crippen molar-refractivity contribution in [1.29, 1.82) is 0 Å². The van der Waals surface area contributed by atoms with Gasteiger partial charge in [0.15, 0.2) is 5.60 Å². The maximum atomic E-state index is 12.1. The topological polar surface area (TPSA) is 105 Å². The molecule has 0 bridgehead atoms. The number of fused-ring (bicyclic) bond motifs is 1. The molecule has 2 rings (SSSR count). The highest BCUT2D eigenvalue weighted by Gasteiger charge is 2.35. The fourth-order valence-corrected chi connectivity index (χ4v) is 2.92. The largest absolute Gasteiger partial charge is 0.476 e. The predicted molar refractivity (Wildman–Crippen MR) is 76.6 cm³/mol. The van der Waals surface area contributed by atoms with E-state index in [9.17, 15) is 13.2 Å². The summed E-state index contributed by atoms with van der Waals surface area (Å²) in [6, 6.07) is 4.21. The first-order valence-electron chi connectivity index (χ1n) is 6.44. The van der Waals surface area contributed by atoms with Gasteiger partial charge in [0, 0.05) is 6.54 Å². The van der Waals surface area contributed by atoms with E-state index in [4.69, 9.17) is 9.84 Å². The highest BCUT2D eigenvalue weighted by atomic mass is 32.2. The minimum Gasteiger partial charge on any atom is -0.476 e. The minimum atomic E-state index is -3.75. The van der Waals surface area contributed by atoms with Crippen LogP contribution in [0.25, 0.3) is 0 Å². The summed E-state index contributed by atoms with van der Waals surface area (Å²) >= 11 is 0. The molecule has 0 unspecified atom stereocenters. The lowest BCUT2D eigenvalue weighted by atomic mass is 10.1.